The monoisotopic (exact) mass is 419 g/mol. The first kappa shape index (κ1) is 21.6. The maximum Gasteiger partial charge on any atom is 0.246 e. The van der Waals surface area contributed by atoms with Crippen molar-refractivity contribution in [3.8, 4) is 0 Å². The summed E-state index contributed by atoms with van der Waals surface area (Å²) in [7, 11) is 0. The van der Waals surface area contributed by atoms with Crippen LogP contribution in [0.15, 0.2) is 60.7 Å². The van der Waals surface area contributed by atoms with Gasteiger partial charge in [0.2, 0.25) is 11.8 Å². The lowest BCUT2D eigenvalue weighted by molar-refractivity contribution is -0.162. The highest BCUT2D eigenvalue weighted by Gasteiger charge is 2.53. The van der Waals surface area contributed by atoms with Crippen molar-refractivity contribution in [2.75, 3.05) is 13.1 Å². The summed E-state index contributed by atoms with van der Waals surface area (Å²) in [4.78, 5) is 31.3. The quantitative estimate of drug-likeness (QED) is 0.779. The van der Waals surface area contributed by atoms with Crippen molar-refractivity contribution in [3.63, 3.8) is 0 Å². The van der Waals surface area contributed by atoms with E-state index in [0.717, 1.165) is 25.2 Å². The Bertz CT molecular complexity index is 889. The summed E-state index contributed by atoms with van der Waals surface area (Å²) < 4.78 is 0. The minimum Gasteiger partial charge on any atom is -0.342 e. The summed E-state index contributed by atoms with van der Waals surface area (Å²) in [6, 6.07) is 20.0. The molecular weight excluding hydrogens is 386 g/mol. The normalized spacial score (nSPS) is 21.5. The molecule has 2 saturated heterocycles. The molecule has 2 heterocycles. The van der Waals surface area contributed by atoms with Crippen molar-refractivity contribution >= 4 is 11.8 Å². The van der Waals surface area contributed by atoms with Crippen LogP contribution in [-0.2, 0) is 22.7 Å². The molecule has 4 rings (SSSR count). The predicted molar refractivity (Wildman–Crippen MR) is 122 cm³/mol. The Morgan fingerprint density at radius 3 is 2.00 bits per heavy atom. The van der Waals surface area contributed by atoms with Gasteiger partial charge in [-0.1, -0.05) is 74.5 Å². The van der Waals surface area contributed by atoms with E-state index in [2.05, 4.69) is 48.3 Å². The smallest absolute Gasteiger partial charge is 0.246 e. The zero-order valence-corrected chi connectivity index (χ0v) is 18.6. The summed E-state index contributed by atoms with van der Waals surface area (Å²) >= 11 is 0. The number of hydrogen-bond donors (Lipinski definition) is 1. The van der Waals surface area contributed by atoms with Crippen LogP contribution in [0.1, 0.15) is 44.2 Å². The molecule has 2 aromatic carbocycles. The van der Waals surface area contributed by atoms with Gasteiger partial charge in [-0.25, -0.2) is 0 Å². The molecule has 5 nitrogen and oxygen atoms in total. The van der Waals surface area contributed by atoms with Crippen molar-refractivity contribution in [2.24, 2.45) is 5.92 Å². The number of carbonyl (C=O) groups is 2. The number of piperidine rings is 1. The number of nitrogens with one attached hydrogen (secondary N) is 1. The number of hydrogen-bond acceptors (Lipinski definition) is 3. The molecule has 2 amide bonds. The Kier molecular flexibility index (Phi) is 6.42. The molecule has 5 heteroatoms. The van der Waals surface area contributed by atoms with Gasteiger partial charge in [-0.15, -0.1) is 0 Å². The van der Waals surface area contributed by atoms with Crippen molar-refractivity contribution < 1.29 is 9.59 Å². The lowest BCUT2D eigenvalue weighted by atomic mass is 9.80. The zero-order valence-electron chi connectivity index (χ0n) is 18.6. The fraction of sp³-hybridized carbons (Fsp3) is 0.462. The van der Waals surface area contributed by atoms with Crippen LogP contribution in [0.5, 0.6) is 0 Å². The van der Waals surface area contributed by atoms with E-state index in [1.54, 1.807) is 0 Å². The Morgan fingerprint density at radius 2 is 1.45 bits per heavy atom. The van der Waals surface area contributed by atoms with Crippen LogP contribution in [0.25, 0.3) is 0 Å². The first-order valence-electron chi connectivity index (χ1n) is 11.4. The molecule has 0 bridgehead atoms. The number of piperazine rings is 1. The van der Waals surface area contributed by atoms with Crippen LogP contribution >= 0.6 is 0 Å². The zero-order chi connectivity index (χ0) is 21.8. The van der Waals surface area contributed by atoms with Crippen molar-refractivity contribution in [2.45, 2.75) is 57.8 Å². The third-order valence-corrected chi connectivity index (χ3v) is 6.63. The van der Waals surface area contributed by atoms with Gasteiger partial charge >= 0.3 is 0 Å². The van der Waals surface area contributed by atoms with Gasteiger partial charge in [-0.2, -0.15) is 0 Å². The van der Waals surface area contributed by atoms with Gasteiger partial charge in [0, 0.05) is 26.2 Å². The van der Waals surface area contributed by atoms with E-state index in [9.17, 15) is 9.59 Å². The molecule has 0 unspecified atom stereocenters. The lowest BCUT2D eigenvalue weighted by Gasteiger charge is -2.52. The van der Waals surface area contributed by atoms with Gasteiger partial charge in [0.15, 0.2) is 0 Å². The number of carbonyl (C=O) groups excluding carboxylic acids is 2. The Hall–Kier alpha value is -2.66. The SMILES string of the molecule is CC(C)C[C@@H]1NC(=O)C2(CCN(Cc3ccccc3)CC2)N(Cc2ccccc2)C1=O. The van der Waals surface area contributed by atoms with Crippen molar-refractivity contribution in [1.29, 1.82) is 0 Å². The van der Waals surface area contributed by atoms with Gasteiger partial charge in [-0.3, -0.25) is 14.5 Å². The van der Waals surface area contributed by atoms with E-state index >= 15 is 0 Å². The van der Waals surface area contributed by atoms with E-state index in [1.165, 1.54) is 5.56 Å². The second-order valence-corrected chi connectivity index (χ2v) is 9.36. The van der Waals surface area contributed by atoms with Crippen LogP contribution in [0, 0.1) is 5.92 Å². The topological polar surface area (TPSA) is 52.7 Å². The molecule has 2 fully saturated rings. The molecule has 31 heavy (non-hydrogen) atoms. The average molecular weight is 420 g/mol. The van der Waals surface area contributed by atoms with Crippen LogP contribution in [0.4, 0.5) is 0 Å². The predicted octanol–water partition coefficient (Wildman–Crippen LogP) is 3.59. The molecule has 0 aliphatic carbocycles. The third kappa shape index (κ3) is 4.67. The molecule has 2 aromatic rings. The first-order chi connectivity index (χ1) is 15.0. The summed E-state index contributed by atoms with van der Waals surface area (Å²) in [5.74, 6) is 0.427. The second kappa shape index (κ2) is 9.23. The average Bonchev–Trinajstić information content (AvgIpc) is 2.77. The highest BCUT2D eigenvalue weighted by molar-refractivity contribution is 6.00. The minimum atomic E-state index is -0.756. The van der Waals surface area contributed by atoms with Crippen LogP contribution in [-0.4, -0.2) is 46.3 Å². The van der Waals surface area contributed by atoms with E-state index in [1.807, 2.05) is 41.3 Å². The molecule has 1 spiro atoms. The lowest BCUT2D eigenvalue weighted by Crippen LogP contribution is -2.72. The van der Waals surface area contributed by atoms with Crippen molar-refractivity contribution in [1.82, 2.24) is 15.1 Å². The van der Waals surface area contributed by atoms with Gasteiger partial charge < -0.3 is 10.2 Å². The van der Waals surface area contributed by atoms with Gasteiger partial charge in [-0.05, 0) is 36.3 Å². The van der Waals surface area contributed by atoms with Crippen molar-refractivity contribution in [3.05, 3.63) is 71.8 Å². The Balaban J connectivity index is 1.55. The Labute approximate surface area is 185 Å². The highest BCUT2D eigenvalue weighted by Crippen LogP contribution is 2.35. The second-order valence-electron chi connectivity index (χ2n) is 9.36. The molecule has 1 atom stereocenters. The van der Waals surface area contributed by atoms with E-state index in [4.69, 9.17) is 0 Å². The van der Waals surface area contributed by atoms with Gasteiger partial charge in [0.25, 0.3) is 0 Å². The molecule has 0 saturated carbocycles. The molecular formula is C26H33N3O2. The number of nitrogens with zero attached hydrogens (tertiary/aromatic N) is 2. The van der Waals surface area contributed by atoms with E-state index in [0.29, 0.717) is 31.7 Å². The number of rotatable bonds is 6. The Morgan fingerprint density at radius 1 is 0.903 bits per heavy atom. The molecule has 2 aliphatic rings. The van der Waals surface area contributed by atoms with Crippen LogP contribution < -0.4 is 5.32 Å². The fourth-order valence-corrected chi connectivity index (χ4v) is 4.92. The summed E-state index contributed by atoms with van der Waals surface area (Å²) in [5.41, 5.74) is 1.59. The number of likely N-dealkylation sites (tertiary alicyclic amines) is 1. The van der Waals surface area contributed by atoms with Crippen LogP contribution in [0.2, 0.25) is 0 Å². The molecule has 0 radical (unpaired) electrons. The number of amides is 2. The largest absolute Gasteiger partial charge is 0.342 e. The summed E-state index contributed by atoms with van der Waals surface area (Å²) in [6.45, 7) is 7.15. The fourth-order valence-electron chi connectivity index (χ4n) is 4.92. The molecule has 2 aliphatic heterocycles. The van der Waals surface area contributed by atoms with E-state index in [-0.39, 0.29) is 11.8 Å². The molecule has 164 valence electrons. The summed E-state index contributed by atoms with van der Waals surface area (Å²) in [5, 5.41) is 3.09. The standard InChI is InChI=1S/C26H33N3O2/c1-20(2)17-23-24(30)29(19-22-11-7-4-8-12-22)26(25(31)27-23)13-15-28(16-14-26)18-21-9-5-3-6-10-21/h3-12,20,23H,13-19H2,1-2H3,(H,27,31)/t23-/m0/s1. The summed E-state index contributed by atoms with van der Waals surface area (Å²) in [6.07, 6.45) is 2.00. The maximum absolute atomic E-state index is 13.6. The molecule has 0 aromatic heterocycles. The van der Waals surface area contributed by atoms with Crippen LogP contribution in [0.3, 0.4) is 0 Å². The first-order valence-corrected chi connectivity index (χ1v) is 11.4. The van der Waals surface area contributed by atoms with Gasteiger partial charge in [0.05, 0.1) is 0 Å². The number of benzene rings is 2. The molecule has 1 N–H and O–H groups in total. The maximum atomic E-state index is 13.6. The third-order valence-electron chi connectivity index (χ3n) is 6.63. The minimum absolute atomic E-state index is 0.0213. The van der Waals surface area contributed by atoms with E-state index < -0.39 is 11.6 Å². The van der Waals surface area contributed by atoms with Gasteiger partial charge in [0.1, 0.15) is 11.6 Å². The highest BCUT2D eigenvalue weighted by atomic mass is 16.2.